The van der Waals surface area contributed by atoms with E-state index in [2.05, 4.69) is 9.97 Å². The summed E-state index contributed by atoms with van der Waals surface area (Å²) in [5.74, 6) is -0.661. The van der Waals surface area contributed by atoms with E-state index in [0.29, 0.717) is 59.2 Å². The fourth-order valence-electron chi connectivity index (χ4n) is 2.89. The molecular weight excluding hydrogens is 380 g/mol. The van der Waals surface area contributed by atoms with Gasteiger partial charge in [0.15, 0.2) is 0 Å². The summed E-state index contributed by atoms with van der Waals surface area (Å²) in [5.41, 5.74) is 2.38. The zero-order valence-corrected chi connectivity index (χ0v) is 16.7. The lowest BCUT2D eigenvalue weighted by Crippen LogP contribution is -2.14. The number of ketones is 1. The van der Waals surface area contributed by atoms with Crippen LogP contribution in [-0.2, 0) is 27.1 Å². The van der Waals surface area contributed by atoms with Crippen molar-refractivity contribution in [2.75, 3.05) is 20.3 Å². The molecule has 2 aromatic rings. The first-order valence-corrected chi connectivity index (χ1v) is 9.84. The summed E-state index contributed by atoms with van der Waals surface area (Å²) in [6, 6.07) is 3.53. The standard InChI is InChI=1S/C20H22N2O5S/c1-12-4-5-13(11-21-12)18(24)14-6-7-15-20(19(14)25)28-16(22-15)10-17(23)27-9-3-8-26-2/h4-5,11,24H,3,6-10H2,1-2H3/b18-14-. The Hall–Kier alpha value is -2.58. The third-order valence-corrected chi connectivity index (χ3v) is 5.45. The van der Waals surface area contributed by atoms with Gasteiger partial charge in [0.1, 0.15) is 10.8 Å². The van der Waals surface area contributed by atoms with Crippen molar-refractivity contribution < 1.29 is 24.2 Å². The van der Waals surface area contributed by atoms with Gasteiger partial charge in [-0.05, 0) is 31.9 Å². The molecule has 0 bridgehead atoms. The smallest absolute Gasteiger partial charge is 0.312 e. The minimum absolute atomic E-state index is 0.0326. The highest BCUT2D eigenvalue weighted by atomic mass is 32.1. The zero-order chi connectivity index (χ0) is 20.1. The summed E-state index contributed by atoms with van der Waals surface area (Å²) in [6.45, 7) is 2.68. The number of aliphatic hydroxyl groups is 1. The Labute approximate surface area is 167 Å². The summed E-state index contributed by atoms with van der Waals surface area (Å²) in [4.78, 5) is 33.8. The minimum atomic E-state index is -0.376. The Morgan fingerprint density at radius 1 is 1.29 bits per heavy atom. The third-order valence-electron chi connectivity index (χ3n) is 4.36. The maximum atomic E-state index is 12.8. The number of hydrogen-bond acceptors (Lipinski definition) is 8. The molecular formula is C20H22N2O5S. The molecule has 0 unspecified atom stereocenters. The van der Waals surface area contributed by atoms with Gasteiger partial charge >= 0.3 is 5.97 Å². The lowest BCUT2D eigenvalue weighted by molar-refractivity contribution is -0.143. The number of carbonyl (C=O) groups excluding carboxylic acids is 2. The second-order valence-corrected chi connectivity index (χ2v) is 7.56. The highest BCUT2D eigenvalue weighted by molar-refractivity contribution is 7.14. The Bertz CT molecular complexity index is 902. The molecule has 0 fully saturated rings. The molecule has 0 aromatic carbocycles. The Kier molecular flexibility index (Phi) is 6.53. The van der Waals surface area contributed by atoms with Gasteiger partial charge in [-0.3, -0.25) is 14.6 Å². The third kappa shape index (κ3) is 4.63. The van der Waals surface area contributed by atoms with Crippen LogP contribution in [0.25, 0.3) is 5.76 Å². The molecule has 0 atom stereocenters. The number of aromatic nitrogens is 2. The van der Waals surface area contributed by atoms with E-state index in [1.54, 1.807) is 25.4 Å². The molecule has 0 aliphatic heterocycles. The van der Waals surface area contributed by atoms with E-state index in [9.17, 15) is 14.7 Å². The van der Waals surface area contributed by atoms with Gasteiger partial charge in [0.05, 0.1) is 23.6 Å². The fourth-order valence-corrected chi connectivity index (χ4v) is 3.95. The summed E-state index contributed by atoms with van der Waals surface area (Å²) >= 11 is 1.19. The van der Waals surface area contributed by atoms with Crippen molar-refractivity contribution >= 4 is 28.8 Å². The molecule has 0 saturated carbocycles. The van der Waals surface area contributed by atoms with E-state index < -0.39 is 0 Å². The topological polar surface area (TPSA) is 98.6 Å². The SMILES string of the molecule is COCCCOC(=O)Cc1nc2c(s1)C(=O)/C(=C(\O)c1ccc(C)nc1)CC2. The number of ether oxygens (including phenoxy) is 2. The molecule has 0 radical (unpaired) electrons. The average molecular weight is 402 g/mol. The molecule has 1 aliphatic carbocycles. The predicted molar refractivity (Wildman–Crippen MR) is 104 cm³/mol. The van der Waals surface area contributed by atoms with Crippen LogP contribution in [0.4, 0.5) is 0 Å². The van der Waals surface area contributed by atoms with Gasteiger partial charge in [0, 0.05) is 43.2 Å². The van der Waals surface area contributed by atoms with Gasteiger partial charge < -0.3 is 14.6 Å². The molecule has 2 aromatic heterocycles. The lowest BCUT2D eigenvalue weighted by Gasteiger charge is -2.14. The van der Waals surface area contributed by atoms with Gasteiger partial charge in [-0.2, -0.15) is 0 Å². The van der Waals surface area contributed by atoms with Crippen LogP contribution in [-0.4, -0.2) is 47.2 Å². The number of Topliss-reactive ketones (excluding diaryl/α,β-unsaturated/α-hetero) is 1. The van der Waals surface area contributed by atoms with Gasteiger partial charge in [-0.15, -0.1) is 11.3 Å². The molecule has 0 saturated heterocycles. The van der Waals surface area contributed by atoms with E-state index in [4.69, 9.17) is 9.47 Å². The minimum Gasteiger partial charge on any atom is -0.507 e. The summed E-state index contributed by atoms with van der Waals surface area (Å²) < 4.78 is 10.0. The summed E-state index contributed by atoms with van der Waals surface area (Å²) in [6.07, 6.45) is 3.16. The van der Waals surface area contributed by atoms with Crippen LogP contribution in [0.2, 0.25) is 0 Å². The lowest BCUT2D eigenvalue weighted by atomic mass is 9.93. The molecule has 1 N–H and O–H groups in total. The molecule has 8 heteroatoms. The molecule has 1 aliphatic rings. The van der Waals surface area contributed by atoms with Crippen LogP contribution < -0.4 is 0 Å². The van der Waals surface area contributed by atoms with Gasteiger partial charge in [0.25, 0.3) is 0 Å². The van der Waals surface area contributed by atoms with E-state index >= 15 is 0 Å². The van der Waals surface area contributed by atoms with Gasteiger partial charge in [0.2, 0.25) is 5.78 Å². The summed E-state index contributed by atoms with van der Waals surface area (Å²) in [5, 5.41) is 11.1. The number of esters is 1. The Balaban J connectivity index is 1.72. The number of rotatable bonds is 7. The van der Waals surface area contributed by atoms with Crippen LogP contribution in [0.3, 0.4) is 0 Å². The van der Waals surface area contributed by atoms with Crippen LogP contribution in [0.5, 0.6) is 0 Å². The Morgan fingerprint density at radius 3 is 2.82 bits per heavy atom. The number of allylic oxidation sites excluding steroid dienone is 1. The van der Waals surface area contributed by atoms with Crippen molar-refractivity contribution in [3.63, 3.8) is 0 Å². The number of nitrogens with zero attached hydrogens (tertiary/aromatic N) is 2. The molecule has 0 amide bonds. The van der Waals surface area contributed by atoms with E-state index in [0.717, 1.165) is 5.69 Å². The maximum absolute atomic E-state index is 12.8. The normalized spacial score (nSPS) is 15.3. The number of fused-ring (bicyclic) bond motifs is 1. The molecule has 7 nitrogen and oxygen atoms in total. The zero-order valence-electron chi connectivity index (χ0n) is 15.9. The second-order valence-electron chi connectivity index (χ2n) is 6.47. The molecule has 148 valence electrons. The van der Waals surface area contributed by atoms with Gasteiger partial charge in [-0.25, -0.2) is 4.98 Å². The highest BCUT2D eigenvalue weighted by Crippen LogP contribution is 2.33. The predicted octanol–water partition coefficient (Wildman–Crippen LogP) is 3.07. The van der Waals surface area contributed by atoms with E-state index in [1.807, 2.05) is 6.92 Å². The number of thiazole rings is 1. The largest absolute Gasteiger partial charge is 0.507 e. The van der Waals surface area contributed by atoms with Crippen molar-refractivity contribution in [1.82, 2.24) is 9.97 Å². The van der Waals surface area contributed by atoms with Crippen molar-refractivity contribution in [1.29, 1.82) is 0 Å². The molecule has 0 spiro atoms. The fraction of sp³-hybridized carbons (Fsp3) is 0.400. The first-order valence-electron chi connectivity index (χ1n) is 9.02. The van der Waals surface area contributed by atoms with Crippen molar-refractivity contribution in [2.24, 2.45) is 0 Å². The van der Waals surface area contributed by atoms with Crippen molar-refractivity contribution in [3.05, 3.63) is 50.7 Å². The second kappa shape index (κ2) is 9.07. The highest BCUT2D eigenvalue weighted by Gasteiger charge is 2.29. The van der Waals surface area contributed by atoms with Crippen LogP contribution in [0.15, 0.2) is 23.9 Å². The Morgan fingerprint density at radius 2 is 2.11 bits per heavy atom. The molecule has 2 heterocycles. The van der Waals surface area contributed by atoms with Crippen LogP contribution >= 0.6 is 11.3 Å². The molecule has 3 rings (SSSR count). The monoisotopic (exact) mass is 402 g/mol. The van der Waals surface area contributed by atoms with Crippen LogP contribution in [0.1, 0.15) is 44.5 Å². The van der Waals surface area contributed by atoms with Crippen LogP contribution in [0, 0.1) is 6.92 Å². The van der Waals surface area contributed by atoms with Crippen molar-refractivity contribution in [3.8, 4) is 0 Å². The molecule has 28 heavy (non-hydrogen) atoms. The van der Waals surface area contributed by atoms with Crippen molar-refractivity contribution in [2.45, 2.75) is 32.6 Å². The summed E-state index contributed by atoms with van der Waals surface area (Å²) in [7, 11) is 1.59. The quantitative estimate of drug-likeness (QED) is 0.329. The van der Waals surface area contributed by atoms with E-state index in [-0.39, 0.29) is 23.9 Å². The first-order chi connectivity index (χ1) is 13.5. The first kappa shape index (κ1) is 20.2. The number of hydrogen-bond donors (Lipinski definition) is 1. The number of pyridine rings is 1. The number of aryl methyl sites for hydroxylation is 2. The number of carbonyl (C=O) groups is 2. The number of methoxy groups -OCH3 is 1. The number of aliphatic hydroxyl groups excluding tert-OH is 1. The maximum Gasteiger partial charge on any atom is 0.312 e. The van der Waals surface area contributed by atoms with E-state index in [1.165, 1.54) is 11.3 Å². The average Bonchev–Trinajstić information content (AvgIpc) is 3.09. The van der Waals surface area contributed by atoms with Gasteiger partial charge in [-0.1, -0.05) is 0 Å².